The lowest BCUT2D eigenvalue weighted by molar-refractivity contribution is -0.384. The van der Waals surface area contributed by atoms with Crippen LogP contribution in [0.3, 0.4) is 0 Å². The quantitative estimate of drug-likeness (QED) is 0.425. The Morgan fingerprint density at radius 1 is 1.47 bits per heavy atom. The summed E-state index contributed by atoms with van der Waals surface area (Å²) in [6.45, 7) is 5.46. The second-order valence-corrected chi connectivity index (χ2v) is 4.41. The maximum atomic E-state index is 10.6. The number of nitrogens with two attached hydrogens (primary N) is 1. The fraction of sp³-hybridized carbons (Fsp3) is 0.583. The minimum atomic E-state index is -0.546. The summed E-state index contributed by atoms with van der Waals surface area (Å²) in [5.41, 5.74) is 5.32. The van der Waals surface area contributed by atoms with E-state index in [1.165, 1.54) is 6.07 Å². The Morgan fingerprint density at radius 3 is 2.79 bits per heavy atom. The van der Waals surface area contributed by atoms with E-state index in [1.807, 2.05) is 13.8 Å². The molecule has 0 amide bonds. The van der Waals surface area contributed by atoms with E-state index in [0.29, 0.717) is 5.82 Å². The molecule has 7 heteroatoms. The molecule has 0 aliphatic rings. The van der Waals surface area contributed by atoms with Crippen molar-refractivity contribution in [3.8, 4) is 0 Å². The van der Waals surface area contributed by atoms with E-state index >= 15 is 0 Å². The minimum Gasteiger partial charge on any atom is -0.379 e. The Morgan fingerprint density at radius 2 is 2.21 bits per heavy atom. The van der Waals surface area contributed by atoms with Crippen molar-refractivity contribution < 1.29 is 9.66 Å². The normalized spacial score (nSPS) is 10.7. The van der Waals surface area contributed by atoms with Crippen LogP contribution in [0.1, 0.15) is 26.7 Å². The van der Waals surface area contributed by atoms with Crippen LogP contribution in [0.4, 0.5) is 17.3 Å². The molecular weight excluding hydrogens is 248 g/mol. The number of nitrogens with one attached hydrogen (secondary N) is 1. The summed E-state index contributed by atoms with van der Waals surface area (Å²) in [7, 11) is 0. The summed E-state index contributed by atoms with van der Waals surface area (Å²) in [4.78, 5) is 14.0. The molecule has 0 aliphatic carbocycles. The number of hydrogen-bond donors (Lipinski definition) is 2. The first-order chi connectivity index (χ1) is 9.00. The first-order valence-corrected chi connectivity index (χ1v) is 6.27. The lowest BCUT2D eigenvalue weighted by atomic mass is 10.3. The zero-order valence-electron chi connectivity index (χ0n) is 11.3. The van der Waals surface area contributed by atoms with E-state index in [4.69, 9.17) is 10.5 Å². The van der Waals surface area contributed by atoms with Gasteiger partial charge in [0.1, 0.15) is 5.82 Å². The molecular formula is C12H20N4O3. The average Bonchev–Trinajstić information content (AvgIpc) is 2.32. The molecule has 1 aromatic rings. The van der Waals surface area contributed by atoms with E-state index in [2.05, 4.69) is 10.3 Å². The first-order valence-electron chi connectivity index (χ1n) is 6.27. The lowest BCUT2D eigenvalue weighted by Gasteiger charge is -2.08. The van der Waals surface area contributed by atoms with Gasteiger partial charge in [-0.05, 0) is 32.8 Å². The van der Waals surface area contributed by atoms with Gasteiger partial charge >= 0.3 is 5.69 Å². The number of rotatable bonds is 8. The summed E-state index contributed by atoms with van der Waals surface area (Å²) < 4.78 is 5.42. The first kappa shape index (κ1) is 15.2. The predicted molar refractivity (Wildman–Crippen MR) is 74.1 cm³/mol. The van der Waals surface area contributed by atoms with Gasteiger partial charge in [-0.1, -0.05) is 0 Å². The Labute approximate surface area is 112 Å². The van der Waals surface area contributed by atoms with Crippen LogP contribution in [0.25, 0.3) is 0 Å². The second kappa shape index (κ2) is 7.52. The fourth-order valence-corrected chi connectivity index (χ4v) is 1.48. The summed E-state index contributed by atoms with van der Waals surface area (Å²) in [5.74, 6) is 0.478. The van der Waals surface area contributed by atoms with Crippen molar-refractivity contribution in [2.24, 2.45) is 0 Å². The molecule has 106 valence electrons. The van der Waals surface area contributed by atoms with Crippen LogP contribution in [-0.2, 0) is 4.74 Å². The third-order valence-corrected chi connectivity index (χ3v) is 2.43. The smallest absolute Gasteiger partial charge is 0.311 e. The number of hydrogen-bond acceptors (Lipinski definition) is 6. The molecule has 0 fully saturated rings. The maximum Gasteiger partial charge on any atom is 0.311 e. The zero-order valence-corrected chi connectivity index (χ0v) is 11.3. The maximum absolute atomic E-state index is 10.6. The summed E-state index contributed by atoms with van der Waals surface area (Å²) >= 11 is 0. The highest BCUT2D eigenvalue weighted by Crippen LogP contribution is 2.20. The fourth-order valence-electron chi connectivity index (χ4n) is 1.48. The molecule has 0 aromatic carbocycles. The van der Waals surface area contributed by atoms with Gasteiger partial charge in [-0.25, -0.2) is 4.98 Å². The highest BCUT2D eigenvalue weighted by molar-refractivity contribution is 5.57. The molecule has 7 nitrogen and oxygen atoms in total. The van der Waals surface area contributed by atoms with Crippen molar-refractivity contribution in [3.05, 3.63) is 22.2 Å². The molecule has 1 aromatic heterocycles. The van der Waals surface area contributed by atoms with Gasteiger partial charge in [-0.3, -0.25) is 10.1 Å². The van der Waals surface area contributed by atoms with Crippen molar-refractivity contribution in [3.63, 3.8) is 0 Å². The molecule has 19 heavy (non-hydrogen) atoms. The molecule has 0 bridgehead atoms. The van der Waals surface area contributed by atoms with Gasteiger partial charge in [0, 0.05) is 19.2 Å². The molecule has 1 heterocycles. The summed E-state index contributed by atoms with van der Waals surface area (Å²) in [5, 5.41) is 13.6. The van der Waals surface area contributed by atoms with Crippen LogP contribution in [0.15, 0.2) is 12.1 Å². The Balaban J connectivity index is 2.30. The number of unbranched alkanes of at least 4 members (excludes halogenated alkanes) is 1. The highest BCUT2D eigenvalue weighted by Gasteiger charge is 2.12. The van der Waals surface area contributed by atoms with E-state index in [9.17, 15) is 10.1 Å². The molecule has 3 N–H and O–H groups in total. The number of pyridine rings is 1. The average molecular weight is 268 g/mol. The molecule has 0 saturated carbocycles. The van der Waals surface area contributed by atoms with Crippen LogP contribution < -0.4 is 11.1 Å². The van der Waals surface area contributed by atoms with E-state index in [1.54, 1.807) is 6.07 Å². The van der Waals surface area contributed by atoms with Crippen molar-refractivity contribution in [2.45, 2.75) is 32.8 Å². The van der Waals surface area contributed by atoms with Gasteiger partial charge in [0.15, 0.2) is 0 Å². The molecule has 0 unspecified atom stereocenters. The largest absolute Gasteiger partial charge is 0.379 e. The van der Waals surface area contributed by atoms with Crippen LogP contribution in [0.2, 0.25) is 0 Å². The topological polar surface area (TPSA) is 103 Å². The highest BCUT2D eigenvalue weighted by atomic mass is 16.6. The van der Waals surface area contributed by atoms with Gasteiger partial charge < -0.3 is 15.8 Å². The van der Waals surface area contributed by atoms with Gasteiger partial charge in [0.2, 0.25) is 5.82 Å². The van der Waals surface area contributed by atoms with Gasteiger partial charge in [-0.15, -0.1) is 0 Å². The summed E-state index contributed by atoms with van der Waals surface area (Å²) in [6, 6.07) is 2.91. The predicted octanol–water partition coefficient (Wildman–Crippen LogP) is 2.19. The van der Waals surface area contributed by atoms with Crippen LogP contribution >= 0.6 is 0 Å². The molecule has 0 radical (unpaired) electrons. The number of nitrogens with zero attached hydrogens (tertiary/aromatic N) is 2. The van der Waals surface area contributed by atoms with Gasteiger partial charge in [-0.2, -0.15) is 0 Å². The van der Waals surface area contributed by atoms with Crippen LogP contribution in [0.5, 0.6) is 0 Å². The van der Waals surface area contributed by atoms with Gasteiger partial charge in [0.25, 0.3) is 0 Å². The molecule has 0 spiro atoms. The monoisotopic (exact) mass is 268 g/mol. The van der Waals surface area contributed by atoms with Crippen LogP contribution in [0, 0.1) is 10.1 Å². The number of nitrogen functional groups attached to an aromatic ring is 1. The third-order valence-electron chi connectivity index (χ3n) is 2.43. The Kier molecular flexibility index (Phi) is 6.01. The number of aromatic nitrogens is 1. The molecule has 0 saturated heterocycles. The summed E-state index contributed by atoms with van der Waals surface area (Å²) in [6.07, 6.45) is 2.14. The van der Waals surface area contributed by atoms with Gasteiger partial charge in [0.05, 0.1) is 11.0 Å². The Bertz CT molecular complexity index is 423. The van der Waals surface area contributed by atoms with Crippen molar-refractivity contribution in [1.82, 2.24) is 4.98 Å². The lowest BCUT2D eigenvalue weighted by Crippen LogP contribution is -2.08. The SMILES string of the molecule is CC(C)OCCCCNc1ccc([N+](=O)[O-])c(N)n1. The second-order valence-electron chi connectivity index (χ2n) is 4.41. The molecule has 0 aliphatic heterocycles. The van der Waals surface area contributed by atoms with Crippen molar-refractivity contribution in [2.75, 3.05) is 24.2 Å². The van der Waals surface area contributed by atoms with E-state index in [-0.39, 0.29) is 17.6 Å². The minimum absolute atomic E-state index is 0.0712. The van der Waals surface area contributed by atoms with E-state index < -0.39 is 4.92 Å². The van der Waals surface area contributed by atoms with Crippen molar-refractivity contribution >= 4 is 17.3 Å². The van der Waals surface area contributed by atoms with E-state index in [0.717, 1.165) is 26.0 Å². The van der Waals surface area contributed by atoms with Crippen LogP contribution in [-0.4, -0.2) is 29.2 Å². The zero-order chi connectivity index (χ0) is 14.3. The molecule has 1 rings (SSSR count). The van der Waals surface area contributed by atoms with Crippen molar-refractivity contribution in [1.29, 1.82) is 0 Å². The number of ether oxygens (including phenoxy) is 1. The molecule has 0 atom stereocenters. The number of anilines is 2. The Hall–Kier alpha value is -1.89. The standard InChI is InChI=1S/C12H20N4O3/c1-9(2)19-8-4-3-7-14-11-6-5-10(16(17)18)12(13)15-11/h5-6,9H,3-4,7-8H2,1-2H3,(H3,13,14,15). The number of nitro groups is 1. The third kappa shape index (κ3) is 5.52.